The smallest absolute Gasteiger partial charge is 0.255 e. The number of carbonyl (C=O) groups excluding carboxylic acids is 1. The molecule has 1 amide bonds. The molecule has 0 unspecified atom stereocenters. The number of halogens is 1. The summed E-state index contributed by atoms with van der Waals surface area (Å²) in [4.78, 5) is 17.9. The summed E-state index contributed by atoms with van der Waals surface area (Å²) in [6.45, 7) is 1.61. The van der Waals surface area contributed by atoms with E-state index in [4.69, 9.17) is 27.2 Å². The summed E-state index contributed by atoms with van der Waals surface area (Å²) in [6.07, 6.45) is 3.08. The van der Waals surface area contributed by atoms with E-state index >= 15 is 0 Å². The number of aliphatic hydroxyl groups excluding tert-OH is 1. The van der Waals surface area contributed by atoms with Gasteiger partial charge in [-0.05, 0) is 18.9 Å². The average Bonchev–Trinajstić information content (AvgIpc) is 2.48. The fraction of sp³-hybridized carbons (Fsp3) is 0.538. The molecule has 3 N–H and O–H groups in total. The number of nitrogens with zero attached hydrogens (tertiary/aromatic N) is 2. The van der Waals surface area contributed by atoms with Crippen molar-refractivity contribution in [1.82, 2.24) is 9.88 Å². The van der Waals surface area contributed by atoms with Crippen molar-refractivity contribution in [3.63, 3.8) is 0 Å². The molecule has 2 rings (SSSR count). The molecular weight excluding hydrogens is 282 g/mol. The first-order valence-corrected chi connectivity index (χ1v) is 6.92. The number of piperidine rings is 1. The van der Waals surface area contributed by atoms with Crippen LogP contribution in [0.5, 0.6) is 0 Å². The number of likely N-dealkylation sites (tertiary alicyclic amines) is 1. The molecular formula is C13H18ClN3O3. The van der Waals surface area contributed by atoms with E-state index < -0.39 is 0 Å². The summed E-state index contributed by atoms with van der Waals surface area (Å²) in [5, 5.41) is 9.00. The molecule has 1 aromatic heterocycles. The SMILES string of the molecule is Nc1ncc(C(=O)N2CCC(OCCO)CC2)cc1Cl. The lowest BCUT2D eigenvalue weighted by Crippen LogP contribution is -2.41. The van der Waals surface area contributed by atoms with Crippen LogP contribution in [0.1, 0.15) is 23.2 Å². The average molecular weight is 300 g/mol. The molecule has 0 bridgehead atoms. The van der Waals surface area contributed by atoms with Crippen LogP contribution in [0.3, 0.4) is 0 Å². The number of rotatable bonds is 4. The van der Waals surface area contributed by atoms with Crippen molar-refractivity contribution in [2.75, 3.05) is 32.0 Å². The van der Waals surface area contributed by atoms with Crippen LogP contribution in [-0.2, 0) is 4.74 Å². The maximum atomic E-state index is 12.3. The quantitative estimate of drug-likeness (QED) is 0.863. The monoisotopic (exact) mass is 299 g/mol. The van der Waals surface area contributed by atoms with Crippen molar-refractivity contribution >= 4 is 23.3 Å². The largest absolute Gasteiger partial charge is 0.394 e. The fourth-order valence-electron chi connectivity index (χ4n) is 2.19. The molecule has 1 aliphatic heterocycles. The van der Waals surface area contributed by atoms with E-state index in [1.807, 2.05) is 0 Å². The molecule has 20 heavy (non-hydrogen) atoms. The summed E-state index contributed by atoms with van der Waals surface area (Å²) in [5.41, 5.74) is 5.97. The molecule has 0 atom stereocenters. The highest BCUT2D eigenvalue weighted by Crippen LogP contribution is 2.20. The molecule has 1 aliphatic rings. The van der Waals surface area contributed by atoms with E-state index in [1.165, 1.54) is 6.20 Å². The van der Waals surface area contributed by atoms with Gasteiger partial charge in [-0.3, -0.25) is 4.79 Å². The zero-order chi connectivity index (χ0) is 14.5. The molecule has 1 fully saturated rings. The first-order chi connectivity index (χ1) is 9.61. The van der Waals surface area contributed by atoms with E-state index in [9.17, 15) is 4.79 Å². The second-order valence-corrected chi connectivity index (χ2v) is 5.08. The van der Waals surface area contributed by atoms with Gasteiger partial charge in [-0.1, -0.05) is 11.6 Å². The normalized spacial score (nSPS) is 16.4. The lowest BCUT2D eigenvalue weighted by atomic mass is 10.1. The highest BCUT2D eigenvalue weighted by molar-refractivity contribution is 6.33. The maximum absolute atomic E-state index is 12.3. The van der Waals surface area contributed by atoms with Crippen molar-refractivity contribution in [2.45, 2.75) is 18.9 Å². The van der Waals surface area contributed by atoms with Crippen LogP contribution in [-0.4, -0.2) is 53.3 Å². The van der Waals surface area contributed by atoms with Gasteiger partial charge in [-0.15, -0.1) is 0 Å². The Morgan fingerprint density at radius 3 is 2.85 bits per heavy atom. The third-order valence-corrected chi connectivity index (χ3v) is 3.59. The highest BCUT2D eigenvalue weighted by Gasteiger charge is 2.24. The topological polar surface area (TPSA) is 88.7 Å². The Morgan fingerprint density at radius 2 is 2.25 bits per heavy atom. The first-order valence-electron chi connectivity index (χ1n) is 6.54. The Hall–Kier alpha value is -1.37. The highest BCUT2D eigenvalue weighted by atomic mass is 35.5. The van der Waals surface area contributed by atoms with Crippen LogP contribution in [0.4, 0.5) is 5.82 Å². The fourth-order valence-corrected chi connectivity index (χ4v) is 2.36. The van der Waals surface area contributed by atoms with E-state index in [2.05, 4.69) is 4.98 Å². The van der Waals surface area contributed by atoms with Crippen molar-refractivity contribution in [1.29, 1.82) is 0 Å². The molecule has 0 aliphatic carbocycles. The predicted molar refractivity (Wildman–Crippen MR) is 75.6 cm³/mol. The van der Waals surface area contributed by atoms with Crippen molar-refractivity contribution < 1.29 is 14.6 Å². The van der Waals surface area contributed by atoms with Crippen LogP contribution < -0.4 is 5.73 Å². The van der Waals surface area contributed by atoms with Crippen LogP contribution in [0.15, 0.2) is 12.3 Å². The number of carbonyl (C=O) groups is 1. The first kappa shape index (κ1) is 15.0. The minimum atomic E-state index is -0.0972. The maximum Gasteiger partial charge on any atom is 0.255 e. The number of pyridine rings is 1. The lowest BCUT2D eigenvalue weighted by Gasteiger charge is -2.31. The van der Waals surface area contributed by atoms with Gasteiger partial charge in [0.05, 0.1) is 29.9 Å². The number of aliphatic hydroxyl groups is 1. The van der Waals surface area contributed by atoms with Crippen LogP contribution in [0.25, 0.3) is 0 Å². The summed E-state index contributed by atoms with van der Waals surface area (Å²) in [5.74, 6) is 0.124. The van der Waals surface area contributed by atoms with E-state index in [-0.39, 0.29) is 29.5 Å². The Labute approximate surface area is 122 Å². The molecule has 1 aromatic rings. The van der Waals surface area contributed by atoms with Gasteiger partial charge in [-0.2, -0.15) is 0 Å². The minimum Gasteiger partial charge on any atom is -0.394 e. The van der Waals surface area contributed by atoms with Crippen molar-refractivity contribution in [2.24, 2.45) is 0 Å². The number of anilines is 1. The van der Waals surface area contributed by atoms with Gasteiger partial charge in [-0.25, -0.2) is 4.98 Å². The molecule has 0 radical (unpaired) electrons. The van der Waals surface area contributed by atoms with E-state index in [1.54, 1.807) is 11.0 Å². The van der Waals surface area contributed by atoms with Crippen molar-refractivity contribution in [3.05, 3.63) is 22.8 Å². The number of hydrogen-bond donors (Lipinski definition) is 2. The van der Waals surface area contributed by atoms with Gasteiger partial charge in [0.15, 0.2) is 0 Å². The Balaban J connectivity index is 1.92. The summed E-state index contributed by atoms with van der Waals surface area (Å²) < 4.78 is 5.46. The van der Waals surface area contributed by atoms with Crippen LogP contribution in [0.2, 0.25) is 5.02 Å². The van der Waals surface area contributed by atoms with E-state index in [0.29, 0.717) is 25.3 Å². The van der Waals surface area contributed by atoms with E-state index in [0.717, 1.165) is 12.8 Å². The van der Waals surface area contributed by atoms with Gasteiger partial charge in [0.1, 0.15) is 5.82 Å². The van der Waals surface area contributed by atoms with Gasteiger partial charge in [0.2, 0.25) is 0 Å². The summed E-state index contributed by atoms with van der Waals surface area (Å²) in [7, 11) is 0. The van der Waals surface area contributed by atoms with Crippen molar-refractivity contribution in [3.8, 4) is 0 Å². The van der Waals surface area contributed by atoms with Crippen LogP contribution in [0, 0.1) is 0 Å². The number of aromatic nitrogens is 1. The standard InChI is InChI=1S/C13H18ClN3O3/c14-11-7-9(8-16-12(11)15)13(19)17-3-1-10(2-4-17)20-6-5-18/h7-8,10,18H,1-6H2,(H2,15,16). The zero-order valence-corrected chi connectivity index (χ0v) is 11.8. The third-order valence-electron chi connectivity index (χ3n) is 3.29. The third kappa shape index (κ3) is 3.59. The summed E-state index contributed by atoms with van der Waals surface area (Å²) in [6, 6.07) is 1.54. The lowest BCUT2D eigenvalue weighted by molar-refractivity contribution is -0.00554. The molecule has 0 spiro atoms. The van der Waals surface area contributed by atoms with Gasteiger partial charge in [0.25, 0.3) is 5.91 Å². The number of ether oxygens (including phenoxy) is 1. The van der Waals surface area contributed by atoms with Crippen LogP contribution >= 0.6 is 11.6 Å². The predicted octanol–water partition coefficient (Wildman–Crippen LogP) is 0.931. The molecule has 0 saturated carbocycles. The second kappa shape index (κ2) is 6.88. The molecule has 6 nitrogen and oxygen atoms in total. The number of nitrogens with two attached hydrogens (primary N) is 1. The van der Waals surface area contributed by atoms with Gasteiger partial charge < -0.3 is 20.5 Å². The number of amides is 1. The second-order valence-electron chi connectivity index (χ2n) is 4.68. The molecule has 0 aromatic carbocycles. The molecule has 110 valence electrons. The van der Waals surface area contributed by atoms with Gasteiger partial charge in [0, 0.05) is 19.3 Å². The minimum absolute atomic E-state index is 0.0226. The number of hydrogen-bond acceptors (Lipinski definition) is 5. The van der Waals surface area contributed by atoms with Gasteiger partial charge >= 0.3 is 0 Å². The molecule has 7 heteroatoms. The Kier molecular flexibility index (Phi) is 5.17. The Morgan fingerprint density at radius 1 is 1.55 bits per heavy atom. The molecule has 1 saturated heterocycles. The summed E-state index contributed by atoms with van der Waals surface area (Å²) >= 11 is 5.88. The number of nitrogen functional groups attached to an aromatic ring is 1. The zero-order valence-electron chi connectivity index (χ0n) is 11.1. The molecule has 2 heterocycles. The Bertz CT molecular complexity index is 476.